The molecule has 6 aromatic rings. The maximum Gasteiger partial charge on any atom is 0.357 e. The number of oxime groups is 1. The van der Waals surface area contributed by atoms with Crippen LogP contribution in [-0.4, -0.2) is 88.6 Å². The smallest absolute Gasteiger partial charge is 0.357 e. The molecule has 3 aliphatic heterocycles. The SMILES string of the molecule is CON=C(C(=O)NC1C(=O)N2C(C(=O)OC(c3ccccc3)c3ccccc3)=C(SCCN3CCCC3)SCC12)c1csc(NC(c2ccccc2)(c2ccccc2)c2ccccc2)n1. The molecule has 2 N–H and O–H groups in total. The van der Waals surface area contributed by atoms with Gasteiger partial charge in [-0.15, -0.1) is 34.9 Å². The van der Waals surface area contributed by atoms with Crippen LogP contribution in [-0.2, 0) is 29.5 Å². The lowest BCUT2D eigenvalue weighted by Crippen LogP contribution is -2.73. The molecule has 2 saturated heterocycles. The molecule has 9 rings (SSSR count). The number of fused-ring (bicyclic) bond motifs is 1. The normalized spacial score (nSPS) is 17.7. The average Bonchev–Trinajstić information content (AvgIpc) is 4.07. The topological polar surface area (TPSA) is 125 Å². The lowest BCUT2D eigenvalue weighted by atomic mass is 9.77. The minimum Gasteiger partial charge on any atom is -0.448 e. The van der Waals surface area contributed by atoms with Crippen molar-refractivity contribution in [2.45, 2.75) is 36.6 Å². The third-order valence-electron chi connectivity index (χ3n) is 11.8. The van der Waals surface area contributed by atoms with Crippen molar-refractivity contribution in [2.75, 3.05) is 43.6 Å². The van der Waals surface area contributed by atoms with Gasteiger partial charge in [0.25, 0.3) is 11.8 Å². The van der Waals surface area contributed by atoms with Crippen molar-refractivity contribution >= 4 is 63.5 Å². The van der Waals surface area contributed by atoms with Crippen LogP contribution in [0.15, 0.2) is 172 Å². The molecule has 2 amide bonds. The van der Waals surface area contributed by atoms with E-state index in [0.717, 1.165) is 57.4 Å². The number of anilines is 1. The summed E-state index contributed by atoms with van der Waals surface area (Å²) in [7, 11) is 1.36. The van der Waals surface area contributed by atoms with Crippen LogP contribution >= 0.6 is 34.9 Å². The van der Waals surface area contributed by atoms with Gasteiger partial charge in [-0.3, -0.25) is 14.5 Å². The molecule has 4 heterocycles. The number of amides is 2. The standard InChI is InChI=1S/C51H48N6O5S3/c1-61-55-42(40-33-65-50(52-40)54-51(37-23-11-4-12-24-37,38-25-13-5-14-26-38)39-27-15-6-16-28-39)46(58)53-43-41-34-64-49(63-32-31-56-29-17-18-30-56)44(57(41)47(43)59)48(60)62-45(35-19-7-2-8-20-35)36-21-9-3-10-22-36/h2-16,19-28,33,41,43,45H,17-18,29-32,34H2,1H3,(H,52,54)(H,53,58). The van der Waals surface area contributed by atoms with E-state index in [1.807, 2.05) is 115 Å². The first-order chi connectivity index (χ1) is 31.9. The van der Waals surface area contributed by atoms with E-state index in [2.05, 4.69) is 57.1 Å². The highest BCUT2D eigenvalue weighted by Gasteiger charge is 2.55. The van der Waals surface area contributed by atoms with Crippen LogP contribution in [0.4, 0.5) is 5.13 Å². The van der Waals surface area contributed by atoms with Crippen molar-refractivity contribution in [3.05, 3.63) is 200 Å². The van der Waals surface area contributed by atoms with Crippen molar-refractivity contribution < 1.29 is 24.0 Å². The van der Waals surface area contributed by atoms with Crippen LogP contribution in [0.3, 0.4) is 0 Å². The van der Waals surface area contributed by atoms with Crippen molar-refractivity contribution in [1.82, 2.24) is 20.1 Å². The number of hydrogen-bond donors (Lipinski definition) is 2. The third kappa shape index (κ3) is 9.35. The number of ether oxygens (including phenoxy) is 1. The summed E-state index contributed by atoms with van der Waals surface area (Å²) in [6.45, 7) is 3.01. The van der Waals surface area contributed by atoms with E-state index >= 15 is 0 Å². The summed E-state index contributed by atoms with van der Waals surface area (Å²) >= 11 is 4.42. The molecule has 0 spiro atoms. The van der Waals surface area contributed by atoms with Crippen LogP contribution in [0.5, 0.6) is 0 Å². The van der Waals surface area contributed by atoms with Crippen molar-refractivity contribution in [3.63, 3.8) is 0 Å². The zero-order valence-corrected chi connectivity index (χ0v) is 38.2. The molecule has 0 bridgehead atoms. The Kier molecular flexibility index (Phi) is 13.8. The second-order valence-corrected chi connectivity index (χ2v) is 19.1. The van der Waals surface area contributed by atoms with E-state index in [0.29, 0.717) is 10.9 Å². The molecule has 2 unspecified atom stereocenters. The van der Waals surface area contributed by atoms with Crippen LogP contribution in [0.1, 0.15) is 52.5 Å². The van der Waals surface area contributed by atoms with Gasteiger partial charge in [0.2, 0.25) is 0 Å². The third-order valence-corrected chi connectivity index (χ3v) is 15.1. The first kappa shape index (κ1) is 44.0. The highest BCUT2D eigenvalue weighted by atomic mass is 32.2. The lowest BCUT2D eigenvalue weighted by Gasteiger charge is -2.50. The van der Waals surface area contributed by atoms with Crippen LogP contribution in [0.2, 0.25) is 0 Å². The number of carbonyl (C=O) groups excluding carboxylic acids is 3. The zero-order chi connectivity index (χ0) is 44.6. The van der Waals surface area contributed by atoms with Crippen LogP contribution in [0.25, 0.3) is 0 Å². The van der Waals surface area contributed by atoms with Crippen molar-refractivity contribution in [3.8, 4) is 0 Å². The van der Waals surface area contributed by atoms with Gasteiger partial charge in [-0.1, -0.05) is 157 Å². The molecule has 2 fully saturated rings. The summed E-state index contributed by atoms with van der Waals surface area (Å²) in [6.07, 6.45) is 1.67. The van der Waals surface area contributed by atoms with Gasteiger partial charge in [0.05, 0.1) is 10.3 Å². The lowest BCUT2D eigenvalue weighted by molar-refractivity contribution is -0.156. The number of nitrogens with zero attached hydrogens (tertiary/aromatic N) is 4. The van der Waals surface area contributed by atoms with Gasteiger partial charge >= 0.3 is 5.97 Å². The van der Waals surface area contributed by atoms with E-state index < -0.39 is 41.5 Å². The Bertz CT molecular complexity index is 2510. The Labute approximate surface area is 391 Å². The Morgan fingerprint density at radius 2 is 1.35 bits per heavy atom. The van der Waals surface area contributed by atoms with Crippen LogP contribution < -0.4 is 10.6 Å². The first-order valence-corrected chi connectivity index (χ1v) is 24.5. The Morgan fingerprint density at radius 1 is 0.815 bits per heavy atom. The fourth-order valence-corrected chi connectivity index (χ4v) is 12.0. The number of likely N-dealkylation sites (tertiary alicyclic amines) is 1. The van der Waals surface area contributed by atoms with E-state index in [1.54, 1.807) is 17.1 Å². The molecule has 11 nitrogen and oxygen atoms in total. The quantitative estimate of drug-likeness (QED) is 0.0302. The molecular weight excluding hydrogens is 873 g/mol. The number of aromatic nitrogens is 1. The largest absolute Gasteiger partial charge is 0.448 e. The molecule has 0 aliphatic carbocycles. The summed E-state index contributed by atoms with van der Waals surface area (Å²) in [5.74, 6) is -0.387. The summed E-state index contributed by atoms with van der Waals surface area (Å²) in [6, 6.07) is 48.3. The number of β-lactam (4-membered cyclic amide) rings is 1. The average molecular weight is 921 g/mol. The van der Waals surface area contributed by atoms with Gasteiger partial charge in [-0.25, -0.2) is 9.78 Å². The number of thioether (sulfide) groups is 2. The van der Waals surface area contributed by atoms with E-state index in [-0.39, 0.29) is 17.1 Å². The molecular formula is C51H48N6O5S3. The Hall–Kier alpha value is -6.19. The van der Waals surface area contributed by atoms with Crippen molar-refractivity contribution in [1.29, 1.82) is 0 Å². The molecule has 3 aliphatic rings. The van der Waals surface area contributed by atoms with Crippen LogP contribution in [0, 0.1) is 0 Å². The molecule has 0 saturated carbocycles. The number of hydrogen-bond acceptors (Lipinski definition) is 12. The molecule has 0 radical (unpaired) electrons. The van der Waals surface area contributed by atoms with Gasteiger partial charge < -0.3 is 25.1 Å². The highest BCUT2D eigenvalue weighted by molar-refractivity contribution is 8.22. The number of carbonyl (C=O) groups is 3. The summed E-state index contributed by atoms with van der Waals surface area (Å²) in [5, 5.41) is 13.1. The van der Waals surface area contributed by atoms with Gasteiger partial charge in [-0.2, -0.15) is 0 Å². The molecule has 1 aromatic heterocycles. The summed E-state index contributed by atoms with van der Waals surface area (Å²) in [5.41, 5.74) is 4.17. The van der Waals surface area contributed by atoms with Gasteiger partial charge in [0.1, 0.15) is 24.4 Å². The summed E-state index contributed by atoms with van der Waals surface area (Å²) < 4.78 is 7.12. The second kappa shape index (κ2) is 20.3. The second-order valence-electron chi connectivity index (χ2n) is 15.8. The maximum atomic E-state index is 14.6. The first-order valence-electron chi connectivity index (χ1n) is 21.6. The van der Waals surface area contributed by atoms with Gasteiger partial charge in [0, 0.05) is 23.4 Å². The van der Waals surface area contributed by atoms with Gasteiger partial charge in [-0.05, 0) is 53.7 Å². The van der Waals surface area contributed by atoms with E-state index in [1.165, 1.54) is 48.0 Å². The number of thiazole rings is 1. The van der Waals surface area contributed by atoms with E-state index in [4.69, 9.17) is 14.6 Å². The zero-order valence-electron chi connectivity index (χ0n) is 35.7. The Balaban J connectivity index is 0.968. The summed E-state index contributed by atoms with van der Waals surface area (Å²) in [4.78, 5) is 57.2. The minimum absolute atomic E-state index is 0.0851. The number of esters is 1. The molecule has 5 aromatic carbocycles. The molecule has 65 heavy (non-hydrogen) atoms. The Morgan fingerprint density at radius 3 is 1.89 bits per heavy atom. The predicted molar refractivity (Wildman–Crippen MR) is 259 cm³/mol. The fourth-order valence-electron chi connectivity index (χ4n) is 8.68. The molecule has 2 atom stereocenters. The van der Waals surface area contributed by atoms with Gasteiger partial charge in [0.15, 0.2) is 22.6 Å². The number of benzene rings is 5. The fraction of sp³-hybridized carbons (Fsp3) is 0.235. The minimum atomic E-state index is -0.923. The molecule has 330 valence electrons. The molecule has 14 heteroatoms. The van der Waals surface area contributed by atoms with Crippen molar-refractivity contribution in [2.24, 2.45) is 5.16 Å². The maximum absolute atomic E-state index is 14.6. The predicted octanol–water partition coefficient (Wildman–Crippen LogP) is 8.67. The van der Waals surface area contributed by atoms with E-state index in [9.17, 15) is 14.4 Å². The number of rotatable bonds is 17. The highest BCUT2D eigenvalue weighted by Crippen LogP contribution is 2.45. The monoisotopic (exact) mass is 920 g/mol. The number of nitrogens with one attached hydrogen (secondary N) is 2.